The molecule has 1 saturated carbocycles. The number of carboxylic acid groups (broad SMARTS) is 1. The molecule has 1 aromatic rings. The molecule has 1 unspecified atom stereocenters. The Morgan fingerprint density at radius 2 is 1.96 bits per heavy atom. The average molecular weight is 316 g/mol. The summed E-state index contributed by atoms with van der Waals surface area (Å²) in [6.07, 6.45) is 4.38. The third-order valence-corrected chi connectivity index (χ3v) is 6.62. The Kier molecular flexibility index (Phi) is 3.74. The van der Waals surface area contributed by atoms with Crippen molar-refractivity contribution in [1.82, 2.24) is 0 Å². The lowest BCUT2D eigenvalue weighted by Crippen LogP contribution is -2.52. The number of carbonyl (C=O) groups is 1. The predicted molar refractivity (Wildman–Crippen MR) is 91.0 cm³/mol. The standard InChI is InChI=1S/C20H28O3/c1-12(2)13-6-8-15(21)17-14(13)7-9-16-19(17,3)10-5-11-20(16,4)18(22)23/h6,8,12,16,21H,5,7,9-11H2,1-4H3,(H,22,23)/t16?,19-,20+/m0/s1. The molecule has 0 heterocycles. The number of carboxylic acids is 1. The molecular weight excluding hydrogens is 288 g/mol. The predicted octanol–water partition coefficient (Wildman–Crippen LogP) is 4.61. The molecule has 3 heteroatoms. The van der Waals surface area contributed by atoms with Gasteiger partial charge in [-0.2, -0.15) is 0 Å². The van der Waals surface area contributed by atoms with E-state index in [1.807, 2.05) is 19.1 Å². The molecular formula is C20H28O3. The van der Waals surface area contributed by atoms with Crippen molar-refractivity contribution in [2.45, 2.75) is 71.1 Å². The zero-order valence-electron chi connectivity index (χ0n) is 14.6. The van der Waals surface area contributed by atoms with Crippen LogP contribution in [0.25, 0.3) is 0 Å². The molecule has 2 aliphatic rings. The maximum Gasteiger partial charge on any atom is 0.309 e. The molecule has 3 rings (SSSR count). The molecule has 126 valence electrons. The molecule has 0 bridgehead atoms. The first-order valence-corrected chi connectivity index (χ1v) is 8.80. The van der Waals surface area contributed by atoms with Crippen LogP contribution in [0.2, 0.25) is 0 Å². The number of hydrogen-bond donors (Lipinski definition) is 2. The Balaban J connectivity index is 2.20. The van der Waals surface area contributed by atoms with Crippen LogP contribution in [-0.2, 0) is 16.6 Å². The molecule has 1 fully saturated rings. The molecule has 0 aromatic heterocycles. The SMILES string of the molecule is CC(C)c1ccc(O)c2c1CCC1[C@](C)(C(=O)O)CCC[C@]21C. The molecule has 23 heavy (non-hydrogen) atoms. The number of benzene rings is 1. The minimum Gasteiger partial charge on any atom is -0.508 e. The van der Waals surface area contributed by atoms with Gasteiger partial charge in [0, 0.05) is 11.0 Å². The van der Waals surface area contributed by atoms with Gasteiger partial charge in [-0.3, -0.25) is 4.79 Å². The number of hydrogen-bond acceptors (Lipinski definition) is 2. The monoisotopic (exact) mass is 316 g/mol. The zero-order valence-corrected chi connectivity index (χ0v) is 14.6. The van der Waals surface area contributed by atoms with Crippen molar-refractivity contribution >= 4 is 5.97 Å². The lowest BCUT2D eigenvalue weighted by atomic mass is 9.49. The molecule has 0 aliphatic heterocycles. The fourth-order valence-corrected chi connectivity index (χ4v) is 5.45. The summed E-state index contributed by atoms with van der Waals surface area (Å²) in [6, 6.07) is 3.86. The number of phenolic OH excluding ortho intramolecular Hbond substituents is 1. The molecule has 3 atom stereocenters. The van der Waals surface area contributed by atoms with E-state index >= 15 is 0 Å². The van der Waals surface area contributed by atoms with E-state index in [1.54, 1.807) is 0 Å². The van der Waals surface area contributed by atoms with Crippen LogP contribution in [0.1, 0.15) is 76.0 Å². The topological polar surface area (TPSA) is 57.5 Å². The van der Waals surface area contributed by atoms with Crippen molar-refractivity contribution in [2.24, 2.45) is 11.3 Å². The molecule has 0 radical (unpaired) electrons. The van der Waals surface area contributed by atoms with Crippen molar-refractivity contribution in [3.8, 4) is 5.75 Å². The third kappa shape index (κ3) is 2.20. The molecule has 3 nitrogen and oxygen atoms in total. The number of aromatic hydroxyl groups is 1. The molecule has 2 aliphatic carbocycles. The highest BCUT2D eigenvalue weighted by atomic mass is 16.4. The minimum absolute atomic E-state index is 0.0852. The van der Waals surface area contributed by atoms with E-state index in [-0.39, 0.29) is 11.3 Å². The highest BCUT2D eigenvalue weighted by Gasteiger charge is 2.56. The maximum atomic E-state index is 12.0. The molecule has 0 amide bonds. The first-order valence-electron chi connectivity index (χ1n) is 8.80. The number of rotatable bonds is 2. The Hall–Kier alpha value is -1.51. The average Bonchev–Trinajstić information content (AvgIpc) is 2.46. The van der Waals surface area contributed by atoms with Gasteiger partial charge in [-0.1, -0.05) is 33.3 Å². The second-order valence-electron chi connectivity index (χ2n) is 8.27. The lowest BCUT2D eigenvalue weighted by Gasteiger charge is -2.54. The molecule has 2 N–H and O–H groups in total. The number of fused-ring (bicyclic) bond motifs is 3. The van der Waals surface area contributed by atoms with Gasteiger partial charge >= 0.3 is 5.97 Å². The number of phenols is 1. The van der Waals surface area contributed by atoms with Gasteiger partial charge in [-0.15, -0.1) is 0 Å². The van der Waals surface area contributed by atoms with E-state index in [1.165, 1.54) is 11.1 Å². The van der Waals surface area contributed by atoms with Gasteiger partial charge in [-0.05, 0) is 61.6 Å². The van der Waals surface area contributed by atoms with Gasteiger partial charge in [0.2, 0.25) is 0 Å². The van der Waals surface area contributed by atoms with Crippen molar-refractivity contribution in [1.29, 1.82) is 0 Å². The summed E-state index contributed by atoms with van der Waals surface area (Å²) in [5, 5.41) is 20.5. The smallest absolute Gasteiger partial charge is 0.309 e. The van der Waals surface area contributed by atoms with Gasteiger partial charge in [0.15, 0.2) is 0 Å². The van der Waals surface area contributed by atoms with Crippen LogP contribution < -0.4 is 0 Å². The van der Waals surface area contributed by atoms with Crippen LogP contribution in [0.3, 0.4) is 0 Å². The first kappa shape index (κ1) is 16.4. The highest BCUT2D eigenvalue weighted by Crippen LogP contribution is 2.59. The first-order chi connectivity index (χ1) is 10.7. The molecule has 0 spiro atoms. The van der Waals surface area contributed by atoms with E-state index in [9.17, 15) is 15.0 Å². The summed E-state index contributed by atoms with van der Waals surface area (Å²) in [5.41, 5.74) is 2.68. The zero-order chi connectivity index (χ0) is 17.0. The Bertz CT molecular complexity index is 649. The summed E-state index contributed by atoms with van der Waals surface area (Å²) in [4.78, 5) is 12.0. The summed E-state index contributed by atoms with van der Waals surface area (Å²) >= 11 is 0. The van der Waals surface area contributed by atoms with E-state index in [4.69, 9.17) is 0 Å². The summed E-state index contributed by atoms with van der Waals surface area (Å²) in [6.45, 7) is 8.46. The van der Waals surface area contributed by atoms with Gasteiger partial charge in [0.05, 0.1) is 5.41 Å². The van der Waals surface area contributed by atoms with Gasteiger partial charge in [-0.25, -0.2) is 0 Å². The normalized spacial score (nSPS) is 33.2. The van der Waals surface area contributed by atoms with Crippen molar-refractivity contribution in [2.75, 3.05) is 0 Å². The van der Waals surface area contributed by atoms with Crippen molar-refractivity contribution in [3.63, 3.8) is 0 Å². The Morgan fingerprint density at radius 1 is 1.26 bits per heavy atom. The second kappa shape index (κ2) is 5.25. The van der Waals surface area contributed by atoms with Crippen LogP contribution in [0.15, 0.2) is 12.1 Å². The number of aliphatic carboxylic acids is 1. The Labute approximate surface area is 138 Å². The minimum atomic E-state index is -0.690. The molecule has 1 aromatic carbocycles. The fraction of sp³-hybridized carbons (Fsp3) is 0.650. The second-order valence-corrected chi connectivity index (χ2v) is 8.27. The van der Waals surface area contributed by atoms with Crippen LogP contribution in [0.5, 0.6) is 5.75 Å². The fourth-order valence-electron chi connectivity index (χ4n) is 5.45. The van der Waals surface area contributed by atoms with Gasteiger partial charge in [0.1, 0.15) is 5.75 Å². The Morgan fingerprint density at radius 3 is 2.57 bits per heavy atom. The van der Waals surface area contributed by atoms with E-state index < -0.39 is 11.4 Å². The third-order valence-electron chi connectivity index (χ3n) is 6.62. The van der Waals surface area contributed by atoms with Crippen molar-refractivity contribution in [3.05, 3.63) is 28.8 Å². The van der Waals surface area contributed by atoms with E-state index in [2.05, 4.69) is 20.8 Å². The molecule has 0 saturated heterocycles. The van der Waals surface area contributed by atoms with Gasteiger partial charge < -0.3 is 10.2 Å². The summed E-state index contributed by atoms with van der Waals surface area (Å²) in [5.74, 6) is 0.170. The largest absolute Gasteiger partial charge is 0.508 e. The van der Waals surface area contributed by atoms with Crippen LogP contribution in [0.4, 0.5) is 0 Å². The quantitative estimate of drug-likeness (QED) is 0.837. The van der Waals surface area contributed by atoms with E-state index in [0.29, 0.717) is 11.7 Å². The van der Waals surface area contributed by atoms with Crippen LogP contribution in [0, 0.1) is 11.3 Å². The van der Waals surface area contributed by atoms with E-state index in [0.717, 1.165) is 37.7 Å². The summed E-state index contributed by atoms with van der Waals surface area (Å²) < 4.78 is 0. The van der Waals surface area contributed by atoms with Gasteiger partial charge in [0.25, 0.3) is 0 Å². The summed E-state index contributed by atoms with van der Waals surface area (Å²) in [7, 11) is 0. The van der Waals surface area contributed by atoms with Crippen LogP contribution >= 0.6 is 0 Å². The van der Waals surface area contributed by atoms with Crippen molar-refractivity contribution < 1.29 is 15.0 Å². The maximum absolute atomic E-state index is 12.0. The lowest BCUT2D eigenvalue weighted by molar-refractivity contribution is -0.157. The van der Waals surface area contributed by atoms with Crippen LogP contribution in [-0.4, -0.2) is 16.2 Å². The highest BCUT2D eigenvalue weighted by molar-refractivity contribution is 5.75.